The summed E-state index contributed by atoms with van der Waals surface area (Å²) in [5.41, 5.74) is 0.359. The Labute approximate surface area is 174 Å². The van der Waals surface area contributed by atoms with E-state index in [0.717, 1.165) is 48.5 Å². The zero-order valence-corrected chi connectivity index (χ0v) is 19.4. The van der Waals surface area contributed by atoms with Crippen LogP contribution >= 0.6 is 22.9 Å². The van der Waals surface area contributed by atoms with Gasteiger partial charge < -0.3 is 4.57 Å². The molecule has 0 fully saturated rings. The van der Waals surface area contributed by atoms with Gasteiger partial charge in [-0.3, -0.25) is 19.5 Å². The average molecular weight is 425 g/mol. The van der Waals surface area contributed by atoms with Crippen LogP contribution in [0.5, 0.6) is 0 Å². The summed E-state index contributed by atoms with van der Waals surface area (Å²) in [6.45, 7) is 15.7. The number of hydrogen-bond donors (Lipinski definition) is 0. The van der Waals surface area contributed by atoms with Crippen molar-refractivity contribution < 1.29 is 0 Å². The molecule has 4 rings (SSSR count). The van der Waals surface area contributed by atoms with Crippen molar-refractivity contribution in [3.05, 3.63) is 25.1 Å². The quantitative estimate of drug-likeness (QED) is 0.744. The SMILES string of the molecule is CC(C)N=c1sc(=O)n2n1CCCC2.CC(C)N=c1snc2n1CC(C)(C)C2. The molecule has 4 heterocycles. The Morgan fingerprint density at radius 2 is 1.61 bits per heavy atom. The second-order valence-corrected chi connectivity index (χ2v) is 10.5. The summed E-state index contributed by atoms with van der Waals surface area (Å²) >= 11 is 2.79. The van der Waals surface area contributed by atoms with Crippen molar-refractivity contribution in [1.29, 1.82) is 0 Å². The Morgan fingerprint density at radius 1 is 1.00 bits per heavy atom. The zero-order chi connectivity index (χ0) is 20.5. The topological polar surface area (TPSA) is 69.5 Å². The molecule has 0 aromatic carbocycles. The monoisotopic (exact) mass is 424 g/mol. The fourth-order valence-electron chi connectivity index (χ4n) is 3.47. The highest BCUT2D eigenvalue weighted by Crippen LogP contribution is 2.29. The first-order chi connectivity index (χ1) is 13.2. The number of rotatable bonds is 2. The van der Waals surface area contributed by atoms with Crippen molar-refractivity contribution >= 4 is 22.9 Å². The van der Waals surface area contributed by atoms with Crippen LogP contribution in [0.4, 0.5) is 0 Å². The van der Waals surface area contributed by atoms with E-state index in [-0.39, 0.29) is 10.9 Å². The molecule has 2 aliphatic heterocycles. The van der Waals surface area contributed by atoms with Crippen LogP contribution in [0.2, 0.25) is 0 Å². The van der Waals surface area contributed by atoms with Gasteiger partial charge in [0.25, 0.3) is 0 Å². The van der Waals surface area contributed by atoms with Crippen molar-refractivity contribution in [1.82, 2.24) is 18.3 Å². The van der Waals surface area contributed by atoms with Gasteiger partial charge in [-0.1, -0.05) is 13.8 Å². The number of nitrogens with zero attached hydrogens (tertiary/aromatic N) is 6. The van der Waals surface area contributed by atoms with Gasteiger partial charge in [-0.2, -0.15) is 4.37 Å². The molecule has 0 amide bonds. The molecule has 0 atom stereocenters. The predicted octanol–water partition coefficient (Wildman–Crippen LogP) is 2.65. The summed E-state index contributed by atoms with van der Waals surface area (Å²) in [5.74, 6) is 1.21. The molecule has 0 spiro atoms. The minimum Gasteiger partial charge on any atom is -0.304 e. The van der Waals surface area contributed by atoms with E-state index in [1.54, 1.807) is 0 Å². The molecule has 0 saturated carbocycles. The average Bonchev–Trinajstić information content (AvgIpc) is 3.20. The molecular formula is C19H32N6OS2. The van der Waals surface area contributed by atoms with Crippen LogP contribution in [-0.2, 0) is 26.1 Å². The first-order valence-electron chi connectivity index (χ1n) is 10.1. The van der Waals surface area contributed by atoms with E-state index >= 15 is 0 Å². The lowest BCUT2D eigenvalue weighted by Crippen LogP contribution is -2.31. The Morgan fingerprint density at radius 3 is 2.25 bits per heavy atom. The van der Waals surface area contributed by atoms with Gasteiger partial charge in [0.15, 0.2) is 0 Å². The van der Waals surface area contributed by atoms with Crippen LogP contribution in [0.1, 0.15) is 60.2 Å². The highest BCUT2D eigenvalue weighted by atomic mass is 32.1. The van der Waals surface area contributed by atoms with Crippen molar-refractivity contribution in [3.8, 4) is 0 Å². The van der Waals surface area contributed by atoms with Crippen LogP contribution < -0.4 is 14.5 Å². The fraction of sp³-hybridized carbons (Fsp3) is 0.789. The first-order valence-corrected chi connectivity index (χ1v) is 11.7. The zero-order valence-electron chi connectivity index (χ0n) is 17.8. The second kappa shape index (κ2) is 8.49. The van der Waals surface area contributed by atoms with Crippen molar-refractivity contribution in [2.24, 2.45) is 15.4 Å². The molecular weight excluding hydrogens is 392 g/mol. The van der Waals surface area contributed by atoms with E-state index in [1.807, 2.05) is 23.2 Å². The van der Waals surface area contributed by atoms with Gasteiger partial charge in [0.2, 0.25) is 9.60 Å². The van der Waals surface area contributed by atoms with Crippen LogP contribution in [0.15, 0.2) is 14.8 Å². The van der Waals surface area contributed by atoms with Gasteiger partial charge in [-0.15, -0.1) is 0 Å². The largest absolute Gasteiger partial charge is 0.325 e. The van der Waals surface area contributed by atoms with Crippen molar-refractivity contribution in [2.45, 2.75) is 92.5 Å². The molecule has 2 aromatic rings. The molecule has 2 aliphatic rings. The van der Waals surface area contributed by atoms with Crippen LogP contribution in [0, 0.1) is 5.41 Å². The molecule has 7 nitrogen and oxygen atoms in total. The van der Waals surface area contributed by atoms with Gasteiger partial charge in [0, 0.05) is 49.7 Å². The molecule has 9 heteroatoms. The molecule has 156 valence electrons. The molecule has 0 saturated heterocycles. The van der Waals surface area contributed by atoms with Gasteiger partial charge >= 0.3 is 4.87 Å². The lowest BCUT2D eigenvalue weighted by atomic mass is 9.92. The summed E-state index contributed by atoms with van der Waals surface area (Å²) in [7, 11) is 0. The number of aromatic nitrogens is 4. The molecule has 0 unspecified atom stereocenters. The predicted molar refractivity (Wildman–Crippen MR) is 115 cm³/mol. The van der Waals surface area contributed by atoms with Gasteiger partial charge in [0.05, 0.1) is 0 Å². The maximum atomic E-state index is 11.6. The van der Waals surface area contributed by atoms with E-state index in [1.165, 1.54) is 28.7 Å². The lowest BCUT2D eigenvalue weighted by Gasteiger charge is -2.15. The third kappa shape index (κ3) is 4.92. The lowest BCUT2D eigenvalue weighted by molar-refractivity contribution is 0.344. The maximum Gasteiger partial charge on any atom is 0.325 e. The standard InChI is InChI=1S/C10H17N3S.C9H15N3OS/c1-7(2)11-9-13-6-10(3,4)5-8(13)12-14-9;1-7(2)10-8-11-5-3-4-6-12(11)9(13)14-8/h7H,5-6H2,1-4H3;7H,3-6H2,1-2H3. The third-order valence-electron chi connectivity index (χ3n) is 4.63. The minimum absolute atomic E-state index is 0.129. The van der Waals surface area contributed by atoms with Crippen LogP contribution in [0.3, 0.4) is 0 Å². The van der Waals surface area contributed by atoms with Gasteiger partial charge in [-0.25, -0.2) is 4.68 Å². The Hall–Kier alpha value is -1.48. The van der Waals surface area contributed by atoms with Crippen LogP contribution in [0.25, 0.3) is 0 Å². The van der Waals surface area contributed by atoms with E-state index < -0.39 is 0 Å². The first kappa shape index (κ1) is 21.2. The Balaban J connectivity index is 0.000000161. The summed E-state index contributed by atoms with van der Waals surface area (Å²) in [4.78, 5) is 22.7. The number of fused-ring (bicyclic) bond motifs is 2. The molecule has 2 aromatic heterocycles. The molecule has 0 radical (unpaired) electrons. The summed E-state index contributed by atoms with van der Waals surface area (Å²) in [6.07, 6.45) is 3.34. The second-order valence-electron chi connectivity index (χ2n) is 8.86. The van der Waals surface area contributed by atoms with Gasteiger partial charge in [-0.05, 0) is 57.3 Å². The number of hydrogen-bond acceptors (Lipinski definition) is 6. The highest BCUT2D eigenvalue weighted by Gasteiger charge is 2.30. The molecule has 0 N–H and O–H groups in total. The van der Waals surface area contributed by atoms with Gasteiger partial charge in [0.1, 0.15) is 5.82 Å². The Kier molecular flexibility index (Phi) is 6.44. The van der Waals surface area contributed by atoms with Crippen LogP contribution in [-0.4, -0.2) is 30.4 Å². The van der Waals surface area contributed by atoms with Crippen molar-refractivity contribution in [2.75, 3.05) is 0 Å². The Bertz CT molecular complexity index is 999. The third-order valence-corrected chi connectivity index (χ3v) is 6.30. The van der Waals surface area contributed by atoms with E-state index in [4.69, 9.17) is 0 Å². The van der Waals surface area contributed by atoms with E-state index in [0.29, 0.717) is 11.5 Å². The van der Waals surface area contributed by atoms with E-state index in [9.17, 15) is 4.79 Å². The smallest absolute Gasteiger partial charge is 0.304 e. The van der Waals surface area contributed by atoms with E-state index in [2.05, 4.69) is 46.6 Å². The maximum absolute atomic E-state index is 11.6. The minimum atomic E-state index is 0.129. The summed E-state index contributed by atoms with van der Waals surface area (Å²) in [5, 5.41) is 0. The summed E-state index contributed by atoms with van der Waals surface area (Å²) in [6, 6.07) is 0.614. The summed E-state index contributed by atoms with van der Waals surface area (Å²) < 4.78 is 10.6. The fourth-order valence-corrected chi connectivity index (χ4v) is 5.35. The molecule has 0 aliphatic carbocycles. The normalized spacial score (nSPS) is 19.0. The molecule has 28 heavy (non-hydrogen) atoms. The van der Waals surface area contributed by atoms with Crippen molar-refractivity contribution in [3.63, 3.8) is 0 Å². The molecule has 0 bridgehead atoms. The highest BCUT2D eigenvalue weighted by molar-refractivity contribution is 7.06.